The third-order valence-electron chi connectivity index (χ3n) is 4.48. The first-order valence-corrected chi connectivity index (χ1v) is 8.98. The second-order valence-electron chi connectivity index (χ2n) is 6.04. The van der Waals surface area contributed by atoms with Crippen molar-refractivity contribution < 1.29 is 4.79 Å². The molecule has 0 spiro atoms. The molecule has 4 heteroatoms. The van der Waals surface area contributed by atoms with Crippen LogP contribution in [-0.4, -0.2) is 22.3 Å². The fourth-order valence-corrected chi connectivity index (χ4v) is 4.04. The zero-order valence-electron chi connectivity index (χ0n) is 13.5. The minimum absolute atomic E-state index is 0.0801. The van der Waals surface area contributed by atoms with Crippen LogP contribution in [0.3, 0.4) is 0 Å². The van der Waals surface area contributed by atoms with Gasteiger partial charge in [-0.15, -0.1) is 11.3 Å². The highest BCUT2D eigenvalue weighted by atomic mass is 32.1. The number of hydrogen-bond acceptors (Lipinski definition) is 3. The average molecular weight is 334 g/mol. The van der Waals surface area contributed by atoms with Crippen LogP contribution in [0.15, 0.2) is 53.9 Å². The van der Waals surface area contributed by atoms with Crippen LogP contribution in [0.2, 0.25) is 0 Å². The van der Waals surface area contributed by atoms with Crippen LogP contribution in [-0.2, 0) is 13.0 Å². The van der Waals surface area contributed by atoms with Gasteiger partial charge in [-0.1, -0.05) is 30.3 Å². The summed E-state index contributed by atoms with van der Waals surface area (Å²) in [4.78, 5) is 20.9. The topological polar surface area (TPSA) is 33.2 Å². The molecule has 3 heterocycles. The van der Waals surface area contributed by atoms with Crippen molar-refractivity contribution in [3.63, 3.8) is 0 Å². The Hall–Kier alpha value is -2.46. The summed E-state index contributed by atoms with van der Waals surface area (Å²) < 4.78 is 0. The zero-order valence-corrected chi connectivity index (χ0v) is 14.3. The summed E-state index contributed by atoms with van der Waals surface area (Å²) in [5, 5.41) is 2.11. The van der Waals surface area contributed by atoms with E-state index in [-0.39, 0.29) is 5.91 Å². The Kier molecular flexibility index (Phi) is 3.90. The van der Waals surface area contributed by atoms with Crippen LogP contribution in [0, 0.1) is 6.92 Å². The number of benzene rings is 1. The van der Waals surface area contributed by atoms with E-state index < -0.39 is 0 Å². The molecule has 120 valence electrons. The predicted molar refractivity (Wildman–Crippen MR) is 97.2 cm³/mol. The number of thiophene rings is 1. The smallest absolute Gasteiger partial charge is 0.256 e. The molecular weight excluding hydrogens is 316 g/mol. The van der Waals surface area contributed by atoms with E-state index >= 15 is 0 Å². The predicted octanol–water partition coefficient (Wildman–Crippen LogP) is 4.32. The van der Waals surface area contributed by atoms with Gasteiger partial charge in [-0.05, 0) is 42.5 Å². The zero-order chi connectivity index (χ0) is 16.5. The Morgan fingerprint density at radius 3 is 2.75 bits per heavy atom. The number of hydrogen-bond donors (Lipinski definition) is 0. The third kappa shape index (κ3) is 2.74. The second kappa shape index (κ2) is 6.21. The van der Waals surface area contributed by atoms with E-state index in [1.165, 1.54) is 10.4 Å². The first-order chi connectivity index (χ1) is 11.7. The van der Waals surface area contributed by atoms with Crippen molar-refractivity contribution in [1.29, 1.82) is 0 Å². The molecule has 0 bridgehead atoms. The Bertz CT molecular complexity index is 886. The fraction of sp³-hybridized carbons (Fsp3) is 0.200. The fourth-order valence-electron chi connectivity index (χ4n) is 3.15. The van der Waals surface area contributed by atoms with Gasteiger partial charge in [0, 0.05) is 23.5 Å². The van der Waals surface area contributed by atoms with E-state index in [0.717, 1.165) is 29.9 Å². The summed E-state index contributed by atoms with van der Waals surface area (Å²) in [6, 6.07) is 16.0. The minimum atomic E-state index is 0.0801. The molecule has 0 aliphatic carbocycles. The summed E-state index contributed by atoms with van der Waals surface area (Å²) in [5.74, 6) is 0.0801. The van der Waals surface area contributed by atoms with E-state index in [2.05, 4.69) is 16.4 Å². The van der Waals surface area contributed by atoms with Crippen molar-refractivity contribution in [3.05, 3.63) is 75.6 Å². The number of aryl methyl sites for hydroxylation is 1. The van der Waals surface area contributed by atoms with Gasteiger partial charge in [-0.3, -0.25) is 9.78 Å². The maximum absolute atomic E-state index is 12.9. The number of rotatable bonds is 2. The lowest BCUT2D eigenvalue weighted by molar-refractivity contribution is 0.0734. The highest BCUT2D eigenvalue weighted by Gasteiger charge is 2.24. The van der Waals surface area contributed by atoms with Crippen molar-refractivity contribution >= 4 is 17.2 Å². The molecule has 1 amide bonds. The molecule has 0 saturated heterocycles. The maximum atomic E-state index is 12.9. The minimum Gasteiger partial charge on any atom is -0.334 e. The van der Waals surface area contributed by atoms with Crippen molar-refractivity contribution in [3.8, 4) is 11.3 Å². The van der Waals surface area contributed by atoms with Gasteiger partial charge >= 0.3 is 0 Å². The number of amides is 1. The van der Waals surface area contributed by atoms with E-state index in [9.17, 15) is 4.79 Å². The van der Waals surface area contributed by atoms with Gasteiger partial charge in [-0.2, -0.15) is 0 Å². The summed E-state index contributed by atoms with van der Waals surface area (Å²) in [5.41, 5.74) is 4.75. The number of carbonyl (C=O) groups excluding carboxylic acids is 1. The average Bonchev–Trinajstić information content (AvgIpc) is 3.09. The van der Waals surface area contributed by atoms with E-state index in [1.54, 1.807) is 11.3 Å². The second-order valence-corrected chi connectivity index (χ2v) is 7.04. The van der Waals surface area contributed by atoms with Crippen LogP contribution < -0.4 is 0 Å². The summed E-state index contributed by atoms with van der Waals surface area (Å²) in [6.07, 6.45) is 0.952. The number of carbonyl (C=O) groups is 1. The third-order valence-corrected chi connectivity index (χ3v) is 5.50. The van der Waals surface area contributed by atoms with Crippen molar-refractivity contribution in [2.24, 2.45) is 0 Å². The van der Waals surface area contributed by atoms with E-state index in [4.69, 9.17) is 0 Å². The molecule has 3 aromatic rings. The largest absolute Gasteiger partial charge is 0.334 e. The highest BCUT2D eigenvalue weighted by molar-refractivity contribution is 7.10. The lowest BCUT2D eigenvalue weighted by Crippen LogP contribution is -2.35. The molecule has 3 nitrogen and oxygen atoms in total. The van der Waals surface area contributed by atoms with E-state index in [1.807, 2.05) is 54.3 Å². The summed E-state index contributed by atoms with van der Waals surface area (Å²) in [7, 11) is 0. The first kappa shape index (κ1) is 15.1. The van der Waals surface area contributed by atoms with Crippen LogP contribution in [0.5, 0.6) is 0 Å². The molecule has 1 aliphatic rings. The van der Waals surface area contributed by atoms with Gasteiger partial charge in [0.2, 0.25) is 0 Å². The normalized spacial score (nSPS) is 13.6. The van der Waals surface area contributed by atoms with Crippen LogP contribution in [0.4, 0.5) is 0 Å². The molecule has 0 saturated carbocycles. The molecular formula is C20H18N2OS. The number of aromatic nitrogens is 1. The van der Waals surface area contributed by atoms with Gasteiger partial charge in [0.05, 0.1) is 17.0 Å². The van der Waals surface area contributed by atoms with Gasteiger partial charge in [0.15, 0.2) is 0 Å². The number of nitrogens with zero attached hydrogens (tertiary/aromatic N) is 2. The molecule has 24 heavy (non-hydrogen) atoms. The molecule has 0 radical (unpaired) electrons. The van der Waals surface area contributed by atoms with Crippen LogP contribution >= 0.6 is 11.3 Å². The molecule has 0 unspecified atom stereocenters. The van der Waals surface area contributed by atoms with Crippen molar-refractivity contribution in [2.45, 2.75) is 19.9 Å². The van der Waals surface area contributed by atoms with Crippen LogP contribution in [0.1, 0.15) is 26.5 Å². The molecule has 4 rings (SSSR count). The van der Waals surface area contributed by atoms with Gasteiger partial charge < -0.3 is 4.90 Å². The molecule has 2 aromatic heterocycles. The molecule has 1 aliphatic heterocycles. The standard InChI is InChI=1S/C20H18N2OS/c1-14-17(7-8-18(21-14)15-5-3-2-4-6-15)20(23)22-11-9-19-16(13-22)10-12-24-19/h2-8,10,12H,9,11,13H2,1H3. The molecule has 0 atom stereocenters. The van der Waals surface area contributed by atoms with Crippen molar-refractivity contribution in [1.82, 2.24) is 9.88 Å². The van der Waals surface area contributed by atoms with Gasteiger partial charge in [0.1, 0.15) is 0 Å². The number of pyridine rings is 1. The Morgan fingerprint density at radius 1 is 1.12 bits per heavy atom. The van der Waals surface area contributed by atoms with Gasteiger partial charge in [-0.25, -0.2) is 0 Å². The first-order valence-electron chi connectivity index (χ1n) is 8.10. The lowest BCUT2D eigenvalue weighted by atomic mass is 10.1. The van der Waals surface area contributed by atoms with E-state index in [0.29, 0.717) is 12.1 Å². The molecule has 0 fully saturated rings. The number of fused-ring (bicyclic) bond motifs is 1. The Labute approximate surface area is 145 Å². The SMILES string of the molecule is Cc1nc(-c2ccccc2)ccc1C(=O)N1CCc2sccc2C1. The van der Waals surface area contributed by atoms with Crippen molar-refractivity contribution in [2.75, 3.05) is 6.54 Å². The maximum Gasteiger partial charge on any atom is 0.256 e. The highest BCUT2D eigenvalue weighted by Crippen LogP contribution is 2.26. The molecule has 0 N–H and O–H groups in total. The Morgan fingerprint density at radius 2 is 1.96 bits per heavy atom. The van der Waals surface area contributed by atoms with Gasteiger partial charge in [0.25, 0.3) is 5.91 Å². The monoisotopic (exact) mass is 334 g/mol. The quantitative estimate of drug-likeness (QED) is 0.699. The van der Waals surface area contributed by atoms with Crippen LogP contribution in [0.25, 0.3) is 11.3 Å². The summed E-state index contributed by atoms with van der Waals surface area (Å²) in [6.45, 7) is 3.41. The lowest BCUT2D eigenvalue weighted by Gasteiger charge is -2.27. The molecule has 1 aromatic carbocycles. The summed E-state index contributed by atoms with van der Waals surface area (Å²) >= 11 is 1.79. The Balaban J connectivity index is 1.59.